The minimum absolute atomic E-state index is 0.145. The van der Waals surface area contributed by atoms with Crippen LogP contribution in [0.25, 0.3) is 10.8 Å². The van der Waals surface area contributed by atoms with Crippen molar-refractivity contribution in [1.29, 1.82) is 0 Å². The Morgan fingerprint density at radius 3 is 2.33 bits per heavy atom. The first kappa shape index (κ1) is 13.4. The van der Waals surface area contributed by atoms with Crippen molar-refractivity contribution in [2.45, 2.75) is 4.90 Å². The van der Waals surface area contributed by atoms with Gasteiger partial charge in [-0.05, 0) is 35.7 Å². The van der Waals surface area contributed by atoms with Crippen molar-refractivity contribution in [2.75, 3.05) is 10.5 Å². The number of nitrogen functional groups attached to an aromatic ring is 1. The number of hydrogen-bond donors (Lipinski definition) is 2. The molecule has 106 valence electrons. The third-order valence-corrected chi connectivity index (χ3v) is 4.43. The van der Waals surface area contributed by atoms with Crippen LogP contribution in [0.3, 0.4) is 0 Å². The van der Waals surface area contributed by atoms with E-state index in [4.69, 9.17) is 5.73 Å². The molecule has 5 nitrogen and oxygen atoms in total. The van der Waals surface area contributed by atoms with Crippen molar-refractivity contribution >= 4 is 32.3 Å². The Morgan fingerprint density at radius 2 is 1.62 bits per heavy atom. The van der Waals surface area contributed by atoms with Gasteiger partial charge in [0.25, 0.3) is 10.0 Å². The van der Waals surface area contributed by atoms with Crippen molar-refractivity contribution in [3.63, 3.8) is 0 Å². The third-order valence-electron chi connectivity index (χ3n) is 3.06. The van der Waals surface area contributed by atoms with Crippen LogP contribution in [0.5, 0.6) is 0 Å². The van der Waals surface area contributed by atoms with Crippen LogP contribution in [0.2, 0.25) is 0 Å². The number of anilines is 2. The number of rotatable bonds is 3. The normalized spacial score (nSPS) is 11.4. The molecule has 0 fully saturated rings. The van der Waals surface area contributed by atoms with Crippen LogP contribution in [-0.2, 0) is 10.0 Å². The van der Waals surface area contributed by atoms with Crippen molar-refractivity contribution in [3.05, 3.63) is 60.8 Å². The Bertz CT molecular complexity index is 890. The molecule has 1 aromatic heterocycles. The van der Waals surface area contributed by atoms with Gasteiger partial charge in [-0.3, -0.25) is 4.72 Å². The van der Waals surface area contributed by atoms with Gasteiger partial charge in [0.1, 0.15) is 5.82 Å². The zero-order valence-corrected chi connectivity index (χ0v) is 11.8. The number of aromatic nitrogens is 1. The van der Waals surface area contributed by atoms with Crippen LogP contribution in [0.1, 0.15) is 0 Å². The Balaban J connectivity index is 1.95. The topological polar surface area (TPSA) is 85.1 Å². The average molecular weight is 299 g/mol. The van der Waals surface area contributed by atoms with E-state index in [1.54, 1.807) is 24.4 Å². The van der Waals surface area contributed by atoms with Crippen LogP contribution >= 0.6 is 0 Å². The van der Waals surface area contributed by atoms with E-state index in [2.05, 4.69) is 9.71 Å². The first-order chi connectivity index (χ1) is 10.0. The highest BCUT2D eigenvalue weighted by Crippen LogP contribution is 2.19. The predicted octanol–water partition coefficient (Wildman–Crippen LogP) is 2.62. The molecule has 3 N–H and O–H groups in total. The SMILES string of the molecule is Nc1ccc(S(=O)(=O)Nc2cc3ccccc3cn2)cc1. The van der Waals surface area contributed by atoms with E-state index in [9.17, 15) is 8.42 Å². The predicted molar refractivity (Wildman–Crippen MR) is 83.4 cm³/mol. The Hall–Kier alpha value is -2.60. The van der Waals surface area contributed by atoms with E-state index in [0.717, 1.165) is 10.8 Å². The fourth-order valence-corrected chi connectivity index (χ4v) is 2.98. The maximum atomic E-state index is 12.3. The largest absolute Gasteiger partial charge is 0.399 e. The van der Waals surface area contributed by atoms with E-state index in [-0.39, 0.29) is 10.7 Å². The number of nitrogens with zero attached hydrogens (tertiary/aromatic N) is 1. The van der Waals surface area contributed by atoms with Gasteiger partial charge in [0, 0.05) is 17.3 Å². The molecule has 0 amide bonds. The summed E-state index contributed by atoms with van der Waals surface area (Å²) in [6, 6.07) is 15.3. The monoisotopic (exact) mass is 299 g/mol. The summed E-state index contributed by atoms with van der Waals surface area (Å²) in [5, 5.41) is 1.87. The van der Waals surface area contributed by atoms with E-state index in [0.29, 0.717) is 5.69 Å². The molecule has 2 aromatic carbocycles. The summed E-state index contributed by atoms with van der Waals surface area (Å²) in [6.45, 7) is 0. The lowest BCUT2D eigenvalue weighted by Crippen LogP contribution is -2.13. The van der Waals surface area contributed by atoms with Crippen molar-refractivity contribution in [2.24, 2.45) is 0 Å². The minimum Gasteiger partial charge on any atom is -0.399 e. The molecule has 1 heterocycles. The minimum atomic E-state index is -3.67. The van der Waals surface area contributed by atoms with Crippen LogP contribution < -0.4 is 10.5 Å². The van der Waals surface area contributed by atoms with Crippen LogP contribution in [-0.4, -0.2) is 13.4 Å². The molecule has 6 heteroatoms. The summed E-state index contributed by atoms with van der Waals surface area (Å²) >= 11 is 0. The lowest BCUT2D eigenvalue weighted by Gasteiger charge is -2.08. The quantitative estimate of drug-likeness (QED) is 0.728. The molecule has 0 aliphatic rings. The lowest BCUT2D eigenvalue weighted by molar-refractivity contribution is 0.601. The number of fused-ring (bicyclic) bond motifs is 1. The molecule has 0 aliphatic carbocycles. The number of hydrogen-bond acceptors (Lipinski definition) is 4. The number of nitrogens with two attached hydrogens (primary N) is 1. The second-order valence-electron chi connectivity index (χ2n) is 4.59. The fourth-order valence-electron chi connectivity index (χ4n) is 1.98. The molecule has 0 aliphatic heterocycles. The van der Waals surface area contributed by atoms with Gasteiger partial charge in [-0.15, -0.1) is 0 Å². The molecule has 3 aromatic rings. The van der Waals surface area contributed by atoms with Gasteiger partial charge in [-0.2, -0.15) is 0 Å². The molecule has 0 bridgehead atoms. The zero-order valence-electron chi connectivity index (χ0n) is 11.0. The van der Waals surface area contributed by atoms with Gasteiger partial charge in [-0.1, -0.05) is 24.3 Å². The Kier molecular flexibility index (Phi) is 3.23. The summed E-state index contributed by atoms with van der Waals surface area (Å²) < 4.78 is 27.0. The molecule has 3 rings (SSSR count). The first-order valence-electron chi connectivity index (χ1n) is 6.28. The van der Waals surface area contributed by atoms with Gasteiger partial charge in [0.15, 0.2) is 0 Å². The molecule has 0 unspecified atom stereocenters. The van der Waals surface area contributed by atoms with E-state index in [1.165, 1.54) is 12.1 Å². The van der Waals surface area contributed by atoms with Gasteiger partial charge in [0.05, 0.1) is 4.90 Å². The van der Waals surface area contributed by atoms with Crippen molar-refractivity contribution < 1.29 is 8.42 Å². The average Bonchev–Trinajstić information content (AvgIpc) is 2.47. The summed E-state index contributed by atoms with van der Waals surface area (Å²) in [4.78, 5) is 4.27. The molecular weight excluding hydrogens is 286 g/mol. The van der Waals surface area contributed by atoms with Crippen LogP contribution in [0.4, 0.5) is 11.5 Å². The summed E-state index contributed by atoms with van der Waals surface area (Å²) in [5.74, 6) is 0.283. The Labute approximate surface area is 122 Å². The second-order valence-corrected chi connectivity index (χ2v) is 6.27. The standard InChI is InChI=1S/C15H13N3O2S/c16-13-5-7-14(8-6-13)21(19,20)18-15-9-11-3-1-2-4-12(11)10-17-15/h1-10H,16H2,(H,17,18). The fraction of sp³-hybridized carbons (Fsp3) is 0. The summed E-state index contributed by atoms with van der Waals surface area (Å²) in [5.41, 5.74) is 6.07. The molecule has 21 heavy (non-hydrogen) atoms. The van der Waals surface area contributed by atoms with Crippen molar-refractivity contribution in [1.82, 2.24) is 4.98 Å². The molecule has 0 saturated carbocycles. The van der Waals surface area contributed by atoms with E-state index in [1.807, 2.05) is 24.3 Å². The van der Waals surface area contributed by atoms with E-state index < -0.39 is 10.0 Å². The smallest absolute Gasteiger partial charge is 0.263 e. The van der Waals surface area contributed by atoms with Gasteiger partial charge in [-0.25, -0.2) is 13.4 Å². The maximum Gasteiger partial charge on any atom is 0.263 e. The molecule has 0 spiro atoms. The van der Waals surface area contributed by atoms with Gasteiger partial charge < -0.3 is 5.73 Å². The van der Waals surface area contributed by atoms with Gasteiger partial charge >= 0.3 is 0 Å². The second kappa shape index (κ2) is 5.06. The number of benzene rings is 2. The zero-order chi connectivity index (χ0) is 14.9. The number of sulfonamides is 1. The summed E-state index contributed by atoms with van der Waals surface area (Å²) in [7, 11) is -3.67. The molecular formula is C15H13N3O2S. The maximum absolute atomic E-state index is 12.3. The van der Waals surface area contributed by atoms with Crippen molar-refractivity contribution in [3.8, 4) is 0 Å². The molecule has 0 radical (unpaired) electrons. The number of nitrogens with one attached hydrogen (secondary N) is 1. The third kappa shape index (κ3) is 2.80. The molecule has 0 saturated heterocycles. The highest BCUT2D eigenvalue weighted by molar-refractivity contribution is 7.92. The van der Waals surface area contributed by atoms with Gasteiger partial charge in [0.2, 0.25) is 0 Å². The first-order valence-corrected chi connectivity index (χ1v) is 7.76. The van der Waals surface area contributed by atoms with Crippen LogP contribution in [0.15, 0.2) is 65.7 Å². The highest BCUT2D eigenvalue weighted by atomic mass is 32.2. The van der Waals surface area contributed by atoms with Crippen LogP contribution in [0, 0.1) is 0 Å². The molecule has 0 atom stereocenters. The highest BCUT2D eigenvalue weighted by Gasteiger charge is 2.14. The number of pyridine rings is 1. The summed E-state index contributed by atoms with van der Waals surface area (Å²) in [6.07, 6.45) is 1.64. The lowest BCUT2D eigenvalue weighted by atomic mass is 10.2. The van der Waals surface area contributed by atoms with E-state index >= 15 is 0 Å². The Morgan fingerprint density at radius 1 is 0.952 bits per heavy atom.